The van der Waals surface area contributed by atoms with Crippen molar-refractivity contribution in [3.63, 3.8) is 0 Å². The van der Waals surface area contributed by atoms with Crippen molar-refractivity contribution in [2.45, 2.75) is 53.4 Å². The fourth-order valence-electron chi connectivity index (χ4n) is 2.52. The van der Waals surface area contributed by atoms with E-state index in [-0.39, 0.29) is 0 Å². The van der Waals surface area contributed by atoms with E-state index in [2.05, 4.69) is 27.7 Å². The summed E-state index contributed by atoms with van der Waals surface area (Å²) >= 11 is 0. The first-order valence-corrected chi connectivity index (χ1v) is 9.07. The fraction of sp³-hybridized carbons (Fsp3) is 1.00. The van der Waals surface area contributed by atoms with E-state index in [0.29, 0.717) is 0 Å². The Labute approximate surface area is 85.8 Å². The molecule has 0 unspecified atom stereocenters. The normalized spacial score (nSPS) is 13.2. The van der Waals surface area contributed by atoms with Gasteiger partial charge < -0.3 is 0 Å². The van der Waals surface area contributed by atoms with Crippen molar-refractivity contribution in [2.24, 2.45) is 0 Å². The Hall–Kier alpha value is 0.430. The molecule has 0 heterocycles. The molecule has 0 aromatic rings. The fourth-order valence-corrected chi connectivity index (χ4v) is 7.55. The van der Waals surface area contributed by atoms with Gasteiger partial charge in [0.25, 0.3) is 0 Å². The second-order valence-corrected chi connectivity index (χ2v) is 9.66. The molecule has 0 aromatic heterocycles. The van der Waals surface area contributed by atoms with E-state index >= 15 is 0 Å². The summed E-state index contributed by atoms with van der Waals surface area (Å²) in [5, 5.41) is 0. The average molecular weight is 204 g/mol. The monoisotopic (exact) mass is 204 g/mol. The van der Waals surface area contributed by atoms with Crippen molar-refractivity contribution in [3.8, 4) is 0 Å². The van der Waals surface area contributed by atoms with Crippen molar-refractivity contribution in [1.82, 2.24) is 0 Å². The first kappa shape index (κ1) is 13.4. The van der Waals surface area contributed by atoms with Crippen LogP contribution in [0, 0.1) is 0 Å². The van der Waals surface area contributed by atoms with Gasteiger partial charge in [-0.15, -0.1) is 0 Å². The first-order valence-electron chi connectivity index (χ1n) is 6.24. The van der Waals surface area contributed by atoms with E-state index in [1.165, 1.54) is 31.8 Å². The predicted octanol–water partition coefficient (Wildman–Crippen LogP) is 4.38. The molecule has 1 heteroatoms. The molecule has 0 spiro atoms. The standard InChI is InChI=1S/C12H29P/c1-5-9-12-13(8-4,10-6-2)11-7-3/h13H,5-12H2,1-4H3. The Balaban J connectivity index is 4.07. The third-order valence-electron chi connectivity index (χ3n) is 3.37. The Morgan fingerprint density at radius 1 is 0.692 bits per heavy atom. The van der Waals surface area contributed by atoms with Crippen LogP contribution >= 0.6 is 7.26 Å². The van der Waals surface area contributed by atoms with E-state index in [4.69, 9.17) is 0 Å². The molecule has 0 rings (SSSR count). The van der Waals surface area contributed by atoms with Crippen LogP contribution in [-0.2, 0) is 0 Å². The van der Waals surface area contributed by atoms with Gasteiger partial charge in [-0.1, -0.05) is 0 Å². The molecule has 0 N–H and O–H groups in total. The molecule has 0 aliphatic carbocycles. The molecular weight excluding hydrogens is 175 g/mol. The molecule has 0 aliphatic heterocycles. The second-order valence-electron chi connectivity index (χ2n) is 4.46. The molecule has 0 saturated heterocycles. The van der Waals surface area contributed by atoms with Gasteiger partial charge in [-0.25, -0.2) is 0 Å². The number of hydrogen-bond acceptors (Lipinski definition) is 0. The van der Waals surface area contributed by atoms with E-state index in [0.717, 1.165) is 0 Å². The van der Waals surface area contributed by atoms with Gasteiger partial charge >= 0.3 is 85.3 Å². The summed E-state index contributed by atoms with van der Waals surface area (Å²) < 4.78 is 0. The van der Waals surface area contributed by atoms with Gasteiger partial charge in [0.15, 0.2) is 0 Å². The van der Waals surface area contributed by atoms with Crippen molar-refractivity contribution in [1.29, 1.82) is 0 Å². The van der Waals surface area contributed by atoms with Crippen LogP contribution in [0.2, 0.25) is 0 Å². The minimum absolute atomic E-state index is 0.790. The SMILES string of the molecule is CCCC[PH](CC)(CCC)CCC. The average Bonchev–Trinajstić information content (AvgIpc) is 2.15. The second kappa shape index (κ2) is 7.80. The van der Waals surface area contributed by atoms with Crippen LogP contribution in [0.5, 0.6) is 0 Å². The summed E-state index contributed by atoms with van der Waals surface area (Å²) in [5.41, 5.74) is 0. The molecule has 82 valence electrons. The summed E-state index contributed by atoms with van der Waals surface area (Å²) in [4.78, 5) is 0. The van der Waals surface area contributed by atoms with Gasteiger partial charge in [0.2, 0.25) is 0 Å². The molecule has 13 heavy (non-hydrogen) atoms. The van der Waals surface area contributed by atoms with Crippen molar-refractivity contribution in [3.05, 3.63) is 0 Å². The van der Waals surface area contributed by atoms with Gasteiger partial charge in [-0.2, -0.15) is 0 Å². The third-order valence-corrected chi connectivity index (χ3v) is 9.41. The molecule has 0 saturated carbocycles. The first-order chi connectivity index (χ1) is 6.24. The molecule has 0 amide bonds. The molecular formula is C12H29P. The van der Waals surface area contributed by atoms with Crippen molar-refractivity contribution >= 4 is 7.26 Å². The van der Waals surface area contributed by atoms with Crippen LogP contribution in [0.3, 0.4) is 0 Å². The number of rotatable bonds is 8. The quantitative estimate of drug-likeness (QED) is 0.515. The van der Waals surface area contributed by atoms with E-state index in [1.54, 1.807) is 18.5 Å². The molecule has 0 nitrogen and oxygen atoms in total. The number of hydrogen-bond donors (Lipinski definition) is 0. The van der Waals surface area contributed by atoms with E-state index in [1.807, 2.05) is 0 Å². The van der Waals surface area contributed by atoms with Crippen molar-refractivity contribution < 1.29 is 0 Å². The summed E-state index contributed by atoms with van der Waals surface area (Å²) in [6.07, 6.45) is 12.0. The zero-order valence-electron chi connectivity index (χ0n) is 10.2. The Morgan fingerprint density at radius 2 is 1.23 bits per heavy atom. The van der Waals surface area contributed by atoms with Gasteiger partial charge in [0.05, 0.1) is 0 Å². The Morgan fingerprint density at radius 3 is 1.54 bits per heavy atom. The Bertz CT molecular complexity index is 104. The summed E-state index contributed by atoms with van der Waals surface area (Å²) in [6, 6.07) is 0. The topological polar surface area (TPSA) is 0 Å². The predicted molar refractivity (Wildman–Crippen MR) is 68.9 cm³/mol. The summed E-state index contributed by atoms with van der Waals surface area (Å²) in [7, 11) is -0.790. The van der Waals surface area contributed by atoms with Crippen molar-refractivity contribution in [2.75, 3.05) is 24.6 Å². The molecule has 0 aliphatic rings. The zero-order valence-corrected chi connectivity index (χ0v) is 11.2. The van der Waals surface area contributed by atoms with Crippen LogP contribution in [0.25, 0.3) is 0 Å². The molecule has 0 aromatic carbocycles. The van der Waals surface area contributed by atoms with Crippen LogP contribution in [0.15, 0.2) is 0 Å². The summed E-state index contributed by atoms with van der Waals surface area (Å²) in [5.74, 6) is 0. The molecule has 0 atom stereocenters. The minimum atomic E-state index is -0.790. The molecule has 0 radical (unpaired) electrons. The van der Waals surface area contributed by atoms with E-state index < -0.39 is 7.26 Å². The number of unbranched alkanes of at least 4 members (excludes halogenated alkanes) is 1. The van der Waals surface area contributed by atoms with Gasteiger partial charge in [-0.3, -0.25) is 0 Å². The maximum absolute atomic E-state index is 2.44. The van der Waals surface area contributed by atoms with Gasteiger partial charge in [0.1, 0.15) is 0 Å². The molecule has 0 fully saturated rings. The maximum atomic E-state index is 2.44. The van der Waals surface area contributed by atoms with Gasteiger partial charge in [-0.05, 0) is 0 Å². The van der Waals surface area contributed by atoms with E-state index in [9.17, 15) is 0 Å². The Kier molecular flexibility index (Phi) is 8.06. The van der Waals surface area contributed by atoms with Crippen LogP contribution in [0.4, 0.5) is 0 Å². The van der Waals surface area contributed by atoms with Crippen LogP contribution < -0.4 is 0 Å². The summed E-state index contributed by atoms with van der Waals surface area (Å²) in [6.45, 7) is 9.48. The zero-order chi connectivity index (χ0) is 10.2. The van der Waals surface area contributed by atoms with Crippen LogP contribution in [0.1, 0.15) is 53.4 Å². The van der Waals surface area contributed by atoms with Gasteiger partial charge in [0, 0.05) is 0 Å². The third kappa shape index (κ3) is 5.01. The molecule has 0 bridgehead atoms. The van der Waals surface area contributed by atoms with Crippen LogP contribution in [-0.4, -0.2) is 24.6 Å².